The molecule has 1 aliphatic heterocycles. The van der Waals surface area contributed by atoms with E-state index < -0.39 is 0 Å². The van der Waals surface area contributed by atoms with Crippen molar-refractivity contribution < 1.29 is 14.3 Å². The van der Waals surface area contributed by atoms with E-state index in [0.717, 1.165) is 12.8 Å². The van der Waals surface area contributed by atoms with Crippen LogP contribution in [0.3, 0.4) is 0 Å². The van der Waals surface area contributed by atoms with Crippen LogP contribution in [0.15, 0.2) is 0 Å². The van der Waals surface area contributed by atoms with Crippen LogP contribution in [-0.2, 0) is 14.3 Å². The van der Waals surface area contributed by atoms with Gasteiger partial charge in [0.05, 0.1) is 11.8 Å². The molecule has 0 radical (unpaired) electrons. The topological polar surface area (TPSA) is 43.4 Å². The Hall–Kier alpha value is -0.860. The molecule has 1 heterocycles. The third-order valence-corrected chi connectivity index (χ3v) is 2.72. The predicted octanol–water partition coefficient (Wildman–Crippen LogP) is 0.732. The summed E-state index contributed by atoms with van der Waals surface area (Å²) in [6.45, 7) is 2.00. The van der Waals surface area contributed by atoms with Crippen molar-refractivity contribution in [2.45, 2.75) is 19.8 Å². The summed E-state index contributed by atoms with van der Waals surface area (Å²) >= 11 is 0. The quantitative estimate of drug-likeness (QED) is 0.381. The number of rotatable bonds is 0. The summed E-state index contributed by atoms with van der Waals surface area (Å²) in [6.07, 6.45) is 1.55. The highest BCUT2D eigenvalue weighted by atomic mass is 16.6. The summed E-state index contributed by atoms with van der Waals surface area (Å²) in [5.74, 6) is -0.281. The van der Waals surface area contributed by atoms with Crippen LogP contribution in [0, 0.1) is 17.8 Å². The molecule has 11 heavy (non-hydrogen) atoms. The minimum atomic E-state index is -0.310. The number of hydrogen-bond donors (Lipinski definition) is 0. The van der Waals surface area contributed by atoms with Gasteiger partial charge in [-0.25, -0.2) is 0 Å². The van der Waals surface area contributed by atoms with Gasteiger partial charge in [-0.1, -0.05) is 6.92 Å². The number of carbonyl (C=O) groups excluding carboxylic acids is 2. The van der Waals surface area contributed by atoms with Crippen LogP contribution in [0.25, 0.3) is 0 Å². The fraction of sp³-hybridized carbons (Fsp3) is 0.750. The normalized spacial score (nSPS) is 42.5. The lowest BCUT2D eigenvalue weighted by Gasteiger charge is -2.16. The molecule has 0 aromatic heterocycles. The molecule has 0 aromatic rings. The molecule has 3 nitrogen and oxygen atoms in total. The number of carbonyl (C=O) groups is 2. The average Bonchev–Trinajstić information content (AvgIpc) is 2.26. The van der Waals surface area contributed by atoms with Crippen LogP contribution in [0.5, 0.6) is 0 Å². The van der Waals surface area contributed by atoms with E-state index in [4.69, 9.17) is 0 Å². The van der Waals surface area contributed by atoms with Gasteiger partial charge in [-0.3, -0.25) is 9.59 Å². The Morgan fingerprint density at radius 2 is 2.00 bits per heavy atom. The van der Waals surface area contributed by atoms with Crippen LogP contribution in [0.1, 0.15) is 19.8 Å². The Balaban J connectivity index is 2.26. The maximum absolute atomic E-state index is 11.0. The summed E-state index contributed by atoms with van der Waals surface area (Å²) in [7, 11) is 0. The average molecular weight is 154 g/mol. The molecular weight excluding hydrogens is 144 g/mol. The first-order chi connectivity index (χ1) is 5.18. The second kappa shape index (κ2) is 2.06. The predicted molar refractivity (Wildman–Crippen MR) is 36.5 cm³/mol. The SMILES string of the molecule is CC1CC2CC1C(=O)OC2=O. The highest BCUT2D eigenvalue weighted by molar-refractivity contribution is 5.92. The standard InChI is InChI=1S/C8H10O3/c1-4-2-5-3-6(4)8(10)11-7(5)9/h4-6H,2-3H2,1H3. The van der Waals surface area contributed by atoms with Crippen molar-refractivity contribution >= 4 is 11.9 Å². The summed E-state index contributed by atoms with van der Waals surface area (Å²) in [5.41, 5.74) is 0. The second-order valence-electron chi connectivity index (χ2n) is 3.49. The Morgan fingerprint density at radius 3 is 2.73 bits per heavy atom. The van der Waals surface area contributed by atoms with Crippen LogP contribution in [-0.4, -0.2) is 11.9 Å². The molecule has 0 spiro atoms. The van der Waals surface area contributed by atoms with Crippen molar-refractivity contribution in [2.24, 2.45) is 17.8 Å². The zero-order chi connectivity index (χ0) is 8.01. The third-order valence-electron chi connectivity index (χ3n) is 2.72. The van der Waals surface area contributed by atoms with Crippen molar-refractivity contribution in [3.63, 3.8) is 0 Å². The van der Waals surface area contributed by atoms with E-state index in [-0.39, 0.29) is 23.8 Å². The summed E-state index contributed by atoms with van der Waals surface area (Å²) in [5, 5.41) is 0. The lowest BCUT2D eigenvalue weighted by atomic mass is 9.98. The van der Waals surface area contributed by atoms with Gasteiger partial charge in [0, 0.05) is 0 Å². The summed E-state index contributed by atoms with van der Waals surface area (Å²) < 4.78 is 4.57. The molecule has 2 rings (SSSR count). The minimum Gasteiger partial charge on any atom is -0.393 e. The molecule has 0 aromatic carbocycles. The maximum atomic E-state index is 11.0. The van der Waals surface area contributed by atoms with Crippen molar-refractivity contribution in [1.29, 1.82) is 0 Å². The van der Waals surface area contributed by atoms with Gasteiger partial charge in [0.2, 0.25) is 0 Å². The molecule has 3 heteroatoms. The Bertz CT molecular complexity index is 221. The molecule has 2 bridgehead atoms. The summed E-state index contributed by atoms with van der Waals surface area (Å²) in [6, 6.07) is 0. The molecule has 3 unspecified atom stereocenters. The van der Waals surface area contributed by atoms with Gasteiger partial charge in [-0.05, 0) is 18.8 Å². The van der Waals surface area contributed by atoms with Gasteiger partial charge in [-0.2, -0.15) is 0 Å². The van der Waals surface area contributed by atoms with Crippen LogP contribution >= 0.6 is 0 Å². The van der Waals surface area contributed by atoms with Crippen molar-refractivity contribution in [1.82, 2.24) is 0 Å². The van der Waals surface area contributed by atoms with E-state index >= 15 is 0 Å². The molecule has 1 saturated carbocycles. The maximum Gasteiger partial charge on any atom is 0.316 e. The fourth-order valence-corrected chi connectivity index (χ4v) is 2.03. The second-order valence-corrected chi connectivity index (χ2v) is 3.49. The highest BCUT2D eigenvalue weighted by Crippen LogP contribution is 2.40. The van der Waals surface area contributed by atoms with Crippen LogP contribution in [0.4, 0.5) is 0 Å². The Morgan fingerprint density at radius 1 is 1.27 bits per heavy atom. The van der Waals surface area contributed by atoms with Gasteiger partial charge >= 0.3 is 11.9 Å². The van der Waals surface area contributed by atoms with Crippen molar-refractivity contribution in [3.05, 3.63) is 0 Å². The van der Waals surface area contributed by atoms with Crippen LogP contribution in [0.2, 0.25) is 0 Å². The Kier molecular flexibility index (Phi) is 1.28. The molecule has 1 saturated heterocycles. The van der Waals surface area contributed by atoms with Gasteiger partial charge in [0.25, 0.3) is 0 Å². The molecular formula is C8H10O3. The number of esters is 2. The summed E-state index contributed by atoms with van der Waals surface area (Å²) in [4.78, 5) is 22.0. The number of fused-ring (bicyclic) bond motifs is 2. The van der Waals surface area contributed by atoms with Gasteiger partial charge in [-0.15, -0.1) is 0 Å². The Labute approximate surface area is 64.7 Å². The van der Waals surface area contributed by atoms with Gasteiger partial charge in [0.1, 0.15) is 0 Å². The monoisotopic (exact) mass is 154 g/mol. The molecule has 0 N–H and O–H groups in total. The molecule has 1 aliphatic carbocycles. The van der Waals surface area contributed by atoms with Crippen molar-refractivity contribution in [2.75, 3.05) is 0 Å². The third kappa shape index (κ3) is 0.870. The highest BCUT2D eigenvalue weighted by Gasteiger charge is 2.46. The minimum absolute atomic E-state index is 0.00213. The largest absolute Gasteiger partial charge is 0.393 e. The first-order valence-corrected chi connectivity index (χ1v) is 3.94. The number of cyclic esters (lactones) is 2. The van der Waals surface area contributed by atoms with E-state index in [2.05, 4.69) is 4.74 Å². The van der Waals surface area contributed by atoms with E-state index in [9.17, 15) is 9.59 Å². The lowest BCUT2D eigenvalue weighted by molar-refractivity contribution is -0.168. The van der Waals surface area contributed by atoms with E-state index in [0.29, 0.717) is 5.92 Å². The smallest absolute Gasteiger partial charge is 0.316 e. The molecule has 2 aliphatic rings. The molecule has 3 atom stereocenters. The number of hydrogen-bond acceptors (Lipinski definition) is 3. The van der Waals surface area contributed by atoms with Crippen LogP contribution < -0.4 is 0 Å². The fourth-order valence-electron chi connectivity index (χ4n) is 2.03. The van der Waals surface area contributed by atoms with Crippen molar-refractivity contribution in [3.8, 4) is 0 Å². The molecule has 2 fully saturated rings. The van der Waals surface area contributed by atoms with Gasteiger partial charge < -0.3 is 4.74 Å². The molecule has 60 valence electrons. The van der Waals surface area contributed by atoms with Gasteiger partial charge in [0.15, 0.2) is 0 Å². The molecule has 0 amide bonds. The van der Waals surface area contributed by atoms with E-state index in [1.54, 1.807) is 0 Å². The first kappa shape index (κ1) is 6.83. The van der Waals surface area contributed by atoms with E-state index in [1.165, 1.54) is 0 Å². The zero-order valence-corrected chi connectivity index (χ0v) is 6.37. The zero-order valence-electron chi connectivity index (χ0n) is 6.37. The van der Waals surface area contributed by atoms with E-state index in [1.807, 2.05) is 6.92 Å². The first-order valence-electron chi connectivity index (χ1n) is 3.94. The lowest BCUT2D eigenvalue weighted by Crippen LogP contribution is -2.29. The number of ether oxygens (including phenoxy) is 1.